The molecule has 1 aromatic carbocycles. The molecule has 0 fully saturated rings. The summed E-state index contributed by atoms with van der Waals surface area (Å²) in [4.78, 5) is 13.4. The Bertz CT molecular complexity index is 1510. The van der Waals surface area contributed by atoms with Crippen molar-refractivity contribution in [1.29, 1.82) is 0 Å². The predicted molar refractivity (Wildman–Crippen MR) is 118 cm³/mol. The van der Waals surface area contributed by atoms with Crippen LogP contribution in [-0.2, 0) is 0 Å². The number of rotatable bonds is 3. The molecule has 0 aliphatic carbocycles. The van der Waals surface area contributed by atoms with Crippen molar-refractivity contribution in [3.8, 4) is 33.1 Å². The Morgan fingerprint density at radius 1 is 0.933 bits per heavy atom. The molecule has 0 aliphatic heterocycles. The maximum atomic E-state index is 13.6. The van der Waals surface area contributed by atoms with Gasteiger partial charge < -0.3 is 4.98 Å². The van der Waals surface area contributed by atoms with Crippen molar-refractivity contribution in [2.24, 2.45) is 0 Å². The van der Waals surface area contributed by atoms with Crippen LogP contribution in [0.2, 0.25) is 0 Å². The van der Waals surface area contributed by atoms with Gasteiger partial charge in [0.25, 0.3) is 0 Å². The largest absolute Gasteiger partial charge is 0.353 e. The van der Waals surface area contributed by atoms with E-state index in [9.17, 15) is 4.39 Å². The minimum Gasteiger partial charge on any atom is -0.353 e. The number of hydrogen-bond acceptors (Lipinski definition) is 4. The molecule has 144 valence electrons. The summed E-state index contributed by atoms with van der Waals surface area (Å²) in [5.74, 6) is 0. The first-order valence-electron chi connectivity index (χ1n) is 9.39. The molecule has 7 heteroatoms. The van der Waals surface area contributed by atoms with Gasteiger partial charge in [-0.2, -0.15) is 9.49 Å². The van der Waals surface area contributed by atoms with E-state index in [2.05, 4.69) is 26.2 Å². The van der Waals surface area contributed by atoms with Crippen molar-refractivity contribution in [2.45, 2.75) is 0 Å². The fraction of sp³-hybridized carbons (Fsp3) is 0. The Hall–Kier alpha value is -3.84. The summed E-state index contributed by atoms with van der Waals surface area (Å²) in [5.41, 5.74) is 6.99. The maximum absolute atomic E-state index is 13.6. The zero-order chi connectivity index (χ0) is 20.1. The smallest absolute Gasteiger partial charge is 0.176 e. The highest BCUT2D eigenvalue weighted by Crippen LogP contribution is 2.36. The van der Waals surface area contributed by atoms with Gasteiger partial charge in [0.2, 0.25) is 0 Å². The van der Waals surface area contributed by atoms with E-state index in [1.165, 1.54) is 6.07 Å². The van der Waals surface area contributed by atoms with Gasteiger partial charge in [0, 0.05) is 39.3 Å². The number of H-pyrrole nitrogens is 2. The highest BCUT2D eigenvalue weighted by atomic mass is 32.1. The Balaban J connectivity index is 1.52. The van der Waals surface area contributed by atoms with Gasteiger partial charge in [0.15, 0.2) is 5.13 Å². The molecule has 6 rings (SSSR count). The second-order valence-electron chi connectivity index (χ2n) is 6.96. The van der Waals surface area contributed by atoms with Crippen molar-refractivity contribution in [3.63, 3.8) is 0 Å². The van der Waals surface area contributed by atoms with E-state index < -0.39 is 0 Å². The average molecular weight is 411 g/mol. The molecule has 5 nitrogen and oxygen atoms in total. The van der Waals surface area contributed by atoms with E-state index >= 15 is 0 Å². The SMILES string of the molecule is Fc1ccc(-c2cccc3[nH]c(-c4n[nH]c5ccc(-c6cccnc6)nc45)cc23)s1. The van der Waals surface area contributed by atoms with E-state index in [4.69, 9.17) is 4.98 Å². The van der Waals surface area contributed by atoms with E-state index in [1.807, 2.05) is 48.5 Å². The van der Waals surface area contributed by atoms with Gasteiger partial charge in [-0.25, -0.2) is 4.98 Å². The standard InChI is InChI=1S/C23H14FN5S/c24-21-9-8-20(30-21)14-4-1-5-17-15(14)11-19(26-17)23-22-18(28-29-23)7-6-16(27-22)13-3-2-10-25-12-13/h1-12,26H,(H,28,29). The molecule has 2 N–H and O–H groups in total. The Labute approximate surface area is 174 Å². The number of aromatic amines is 2. The fourth-order valence-corrected chi connectivity index (χ4v) is 4.49. The van der Waals surface area contributed by atoms with Gasteiger partial charge >= 0.3 is 0 Å². The van der Waals surface area contributed by atoms with Gasteiger partial charge in [-0.15, -0.1) is 11.3 Å². The third kappa shape index (κ3) is 2.71. The molecule has 0 spiro atoms. The number of nitrogens with one attached hydrogen (secondary N) is 2. The second-order valence-corrected chi connectivity index (χ2v) is 7.99. The lowest BCUT2D eigenvalue weighted by molar-refractivity contribution is 0.657. The molecule has 0 saturated heterocycles. The molecule has 6 aromatic rings. The maximum Gasteiger partial charge on any atom is 0.176 e. The predicted octanol–water partition coefficient (Wildman–Crippen LogP) is 6.04. The summed E-state index contributed by atoms with van der Waals surface area (Å²) < 4.78 is 13.6. The summed E-state index contributed by atoms with van der Waals surface area (Å²) in [6, 6.07) is 19.2. The van der Waals surface area contributed by atoms with Crippen LogP contribution in [0.15, 0.2) is 73.1 Å². The highest BCUT2D eigenvalue weighted by Gasteiger charge is 2.16. The topological polar surface area (TPSA) is 70.2 Å². The number of pyridine rings is 2. The van der Waals surface area contributed by atoms with Crippen LogP contribution in [0.1, 0.15) is 0 Å². The van der Waals surface area contributed by atoms with Crippen LogP contribution < -0.4 is 0 Å². The minimum atomic E-state index is -0.191. The third-order valence-corrected chi connectivity index (χ3v) is 6.03. The summed E-state index contributed by atoms with van der Waals surface area (Å²) in [7, 11) is 0. The summed E-state index contributed by atoms with van der Waals surface area (Å²) in [6.07, 6.45) is 3.54. The molecule has 0 atom stereocenters. The Morgan fingerprint density at radius 2 is 1.90 bits per heavy atom. The van der Waals surface area contributed by atoms with Gasteiger partial charge in [0.1, 0.15) is 11.2 Å². The zero-order valence-corrected chi connectivity index (χ0v) is 16.4. The Morgan fingerprint density at radius 3 is 2.73 bits per heavy atom. The number of benzene rings is 1. The summed E-state index contributed by atoms with van der Waals surface area (Å²) in [6.45, 7) is 0. The molecular formula is C23H14FN5S. The lowest BCUT2D eigenvalue weighted by atomic mass is 10.1. The minimum absolute atomic E-state index is 0.191. The molecule has 0 saturated carbocycles. The van der Waals surface area contributed by atoms with Crippen LogP contribution in [0.5, 0.6) is 0 Å². The van der Waals surface area contributed by atoms with E-state index in [0.29, 0.717) is 0 Å². The van der Waals surface area contributed by atoms with Crippen LogP contribution in [0.4, 0.5) is 4.39 Å². The highest BCUT2D eigenvalue weighted by molar-refractivity contribution is 7.14. The molecule has 30 heavy (non-hydrogen) atoms. The summed E-state index contributed by atoms with van der Waals surface area (Å²) in [5, 5.41) is 8.40. The van der Waals surface area contributed by atoms with Crippen molar-refractivity contribution in [2.75, 3.05) is 0 Å². The number of thiophene rings is 1. The van der Waals surface area contributed by atoms with Crippen LogP contribution in [0.3, 0.4) is 0 Å². The Kier molecular flexibility index (Phi) is 3.75. The lowest BCUT2D eigenvalue weighted by Gasteiger charge is -2.00. The molecular weight excluding hydrogens is 397 g/mol. The molecule has 0 radical (unpaired) electrons. The van der Waals surface area contributed by atoms with Gasteiger partial charge in [-0.3, -0.25) is 10.1 Å². The van der Waals surface area contributed by atoms with E-state index in [-0.39, 0.29) is 5.13 Å². The molecule has 0 aliphatic rings. The zero-order valence-electron chi connectivity index (χ0n) is 15.6. The van der Waals surface area contributed by atoms with E-state index in [1.54, 1.807) is 12.4 Å². The van der Waals surface area contributed by atoms with Gasteiger partial charge in [-0.1, -0.05) is 12.1 Å². The quantitative estimate of drug-likeness (QED) is 0.373. The number of halogens is 1. The fourth-order valence-electron chi connectivity index (χ4n) is 3.72. The third-order valence-electron chi connectivity index (χ3n) is 5.12. The van der Waals surface area contributed by atoms with Crippen LogP contribution >= 0.6 is 11.3 Å². The van der Waals surface area contributed by atoms with Crippen LogP contribution in [0, 0.1) is 5.13 Å². The number of hydrogen-bond donors (Lipinski definition) is 2. The molecule has 5 heterocycles. The first kappa shape index (κ1) is 17.1. The van der Waals surface area contributed by atoms with Crippen LogP contribution in [0.25, 0.3) is 55.0 Å². The first-order valence-corrected chi connectivity index (χ1v) is 10.2. The molecule has 5 aromatic heterocycles. The normalized spacial score (nSPS) is 11.5. The van der Waals surface area contributed by atoms with Gasteiger partial charge in [0.05, 0.1) is 16.9 Å². The second kappa shape index (κ2) is 6.60. The number of fused-ring (bicyclic) bond motifs is 2. The molecule has 0 unspecified atom stereocenters. The molecule has 0 bridgehead atoms. The van der Waals surface area contributed by atoms with Crippen molar-refractivity contribution >= 4 is 33.3 Å². The van der Waals surface area contributed by atoms with Crippen molar-refractivity contribution in [3.05, 3.63) is 78.2 Å². The van der Waals surface area contributed by atoms with E-state index in [0.717, 1.165) is 66.4 Å². The number of aromatic nitrogens is 5. The first-order chi connectivity index (χ1) is 14.8. The van der Waals surface area contributed by atoms with Crippen molar-refractivity contribution in [1.82, 2.24) is 25.1 Å². The number of nitrogens with zero attached hydrogens (tertiary/aromatic N) is 3. The lowest BCUT2D eigenvalue weighted by Crippen LogP contribution is -1.86. The molecule has 0 amide bonds. The summed E-state index contributed by atoms with van der Waals surface area (Å²) >= 11 is 1.14. The van der Waals surface area contributed by atoms with Crippen molar-refractivity contribution < 1.29 is 4.39 Å². The van der Waals surface area contributed by atoms with Crippen LogP contribution in [-0.4, -0.2) is 25.1 Å². The van der Waals surface area contributed by atoms with Gasteiger partial charge in [-0.05, 0) is 48.5 Å². The monoisotopic (exact) mass is 411 g/mol. The average Bonchev–Trinajstić information content (AvgIpc) is 3.51.